The molecule has 0 atom stereocenters. The van der Waals surface area contributed by atoms with E-state index in [1.165, 1.54) is 0 Å². The topological polar surface area (TPSA) is 38.8 Å². The average Bonchev–Trinajstić information content (AvgIpc) is 2.33. The highest BCUT2D eigenvalue weighted by molar-refractivity contribution is 5.80. The molecule has 0 fully saturated rings. The number of fused-ring (bicyclic) bond motifs is 1. The van der Waals surface area contributed by atoms with Crippen LogP contribution in [0, 0.1) is 0 Å². The summed E-state index contributed by atoms with van der Waals surface area (Å²) in [6, 6.07) is 6.85. The van der Waals surface area contributed by atoms with Crippen LogP contribution in [0.15, 0.2) is 30.5 Å². The molecule has 1 aromatic heterocycles. The summed E-state index contributed by atoms with van der Waals surface area (Å²) in [5.74, 6) is 0.0621. The van der Waals surface area contributed by atoms with Crippen molar-refractivity contribution in [1.82, 2.24) is 4.98 Å². The second kappa shape index (κ2) is 1.77. The smallest absolute Gasteiger partial charge is 0.0453 e. The minimum Gasteiger partial charge on any atom is -0.872 e. The molecular weight excluding hydrogens is 126 g/mol. The first-order chi connectivity index (χ1) is 4.86. The second-order valence-corrected chi connectivity index (χ2v) is 2.23. The molecule has 0 radical (unpaired) electrons. The van der Waals surface area contributed by atoms with Gasteiger partial charge in [0.25, 0.3) is 0 Å². The number of rotatable bonds is 0. The van der Waals surface area contributed by atoms with Gasteiger partial charge in [-0.1, -0.05) is 12.1 Å². The van der Waals surface area contributed by atoms with E-state index in [4.69, 9.17) is 0 Å². The van der Waals surface area contributed by atoms with Crippen molar-refractivity contribution in [2.24, 2.45) is 0 Å². The summed E-state index contributed by atoms with van der Waals surface area (Å²) >= 11 is 0. The number of H-pyrrole nitrogens is 1. The van der Waals surface area contributed by atoms with Crippen LogP contribution in [-0.2, 0) is 0 Å². The summed E-state index contributed by atoms with van der Waals surface area (Å²) < 4.78 is 0. The molecule has 1 aromatic carbocycles. The molecule has 50 valence electrons. The van der Waals surface area contributed by atoms with Crippen molar-refractivity contribution < 1.29 is 5.11 Å². The highest BCUT2D eigenvalue weighted by Crippen LogP contribution is 2.15. The molecule has 0 aliphatic heterocycles. The lowest BCUT2D eigenvalue weighted by Crippen LogP contribution is -1.86. The van der Waals surface area contributed by atoms with Gasteiger partial charge in [-0.15, -0.1) is 5.75 Å². The summed E-state index contributed by atoms with van der Waals surface area (Å²) in [4.78, 5) is 3.01. The highest BCUT2D eigenvalue weighted by atomic mass is 16.3. The molecule has 1 heterocycles. The number of hydrogen-bond donors (Lipinski definition) is 1. The van der Waals surface area contributed by atoms with E-state index in [9.17, 15) is 5.11 Å². The Hall–Kier alpha value is -1.44. The Morgan fingerprint density at radius 3 is 3.00 bits per heavy atom. The Labute approximate surface area is 58.1 Å². The molecule has 0 saturated carbocycles. The van der Waals surface area contributed by atoms with Gasteiger partial charge >= 0.3 is 0 Å². The van der Waals surface area contributed by atoms with Crippen LogP contribution < -0.4 is 5.11 Å². The van der Waals surface area contributed by atoms with Gasteiger partial charge < -0.3 is 10.1 Å². The maximum Gasteiger partial charge on any atom is 0.0453 e. The van der Waals surface area contributed by atoms with Crippen LogP contribution in [0.5, 0.6) is 5.75 Å². The maximum absolute atomic E-state index is 10.8. The fraction of sp³-hybridized carbons (Fsp3) is 0. The molecule has 0 aliphatic rings. The summed E-state index contributed by atoms with van der Waals surface area (Å²) in [6.45, 7) is 0. The molecule has 0 saturated heterocycles. The standard InChI is InChI=1S/C8H7NO/c10-7-1-2-8-6(5-7)3-4-9-8/h1-5,9-10H/p-1. The Morgan fingerprint density at radius 2 is 2.10 bits per heavy atom. The third kappa shape index (κ3) is 0.658. The van der Waals surface area contributed by atoms with Crippen LogP contribution in [0.4, 0.5) is 0 Å². The molecule has 0 spiro atoms. The van der Waals surface area contributed by atoms with Crippen molar-refractivity contribution in [1.29, 1.82) is 0 Å². The van der Waals surface area contributed by atoms with E-state index < -0.39 is 0 Å². The van der Waals surface area contributed by atoms with Gasteiger partial charge in [0.05, 0.1) is 0 Å². The van der Waals surface area contributed by atoms with Gasteiger partial charge in [-0.2, -0.15) is 0 Å². The zero-order chi connectivity index (χ0) is 6.97. The van der Waals surface area contributed by atoms with Crippen LogP contribution in [0.3, 0.4) is 0 Å². The summed E-state index contributed by atoms with van der Waals surface area (Å²) in [7, 11) is 0. The van der Waals surface area contributed by atoms with Gasteiger partial charge in [-0.3, -0.25) is 0 Å². The Balaban J connectivity index is 2.86. The average molecular weight is 132 g/mol. The van der Waals surface area contributed by atoms with Crippen molar-refractivity contribution >= 4 is 10.9 Å². The minimum atomic E-state index is 0.0621. The Bertz CT molecular complexity index is 351. The van der Waals surface area contributed by atoms with Gasteiger partial charge in [0, 0.05) is 11.7 Å². The van der Waals surface area contributed by atoms with E-state index >= 15 is 0 Å². The van der Waals surface area contributed by atoms with Crippen LogP contribution in [0.2, 0.25) is 0 Å². The maximum atomic E-state index is 10.8. The van der Waals surface area contributed by atoms with Crippen LogP contribution >= 0.6 is 0 Å². The van der Waals surface area contributed by atoms with Gasteiger partial charge in [0.2, 0.25) is 0 Å². The van der Waals surface area contributed by atoms with Crippen molar-refractivity contribution in [3.05, 3.63) is 30.5 Å². The fourth-order valence-corrected chi connectivity index (χ4v) is 1.03. The van der Waals surface area contributed by atoms with Crippen molar-refractivity contribution in [3.63, 3.8) is 0 Å². The number of aromatic nitrogens is 1. The Kier molecular flexibility index (Phi) is 0.947. The van der Waals surface area contributed by atoms with Crippen molar-refractivity contribution in [3.8, 4) is 5.75 Å². The first-order valence-corrected chi connectivity index (χ1v) is 3.10. The molecule has 0 amide bonds. The van der Waals surface area contributed by atoms with Gasteiger partial charge in [0.15, 0.2) is 0 Å². The zero-order valence-electron chi connectivity index (χ0n) is 5.29. The van der Waals surface area contributed by atoms with E-state index in [1.807, 2.05) is 12.3 Å². The van der Waals surface area contributed by atoms with E-state index in [-0.39, 0.29) is 5.75 Å². The molecule has 0 unspecified atom stereocenters. The summed E-state index contributed by atoms with van der Waals surface area (Å²) in [5, 5.41) is 11.7. The molecule has 2 rings (SSSR count). The Morgan fingerprint density at radius 1 is 1.20 bits per heavy atom. The van der Waals surface area contributed by atoms with Crippen LogP contribution in [0.1, 0.15) is 0 Å². The summed E-state index contributed by atoms with van der Waals surface area (Å²) in [5.41, 5.74) is 1.01. The van der Waals surface area contributed by atoms with Crippen molar-refractivity contribution in [2.75, 3.05) is 0 Å². The number of nitrogens with one attached hydrogen (secondary N) is 1. The predicted octanol–water partition coefficient (Wildman–Crippen LogP) is 1.24. The first-order valence-electron chi connectivity index (χ1n) is 3.10. The van der Waals surface area contributed by atoms with Crippen molar-refractivity contribution in [2.45, 2.75) is 0 Å². The van der Waals surface area contributed by atoms with Crippen LogP contribution in [0.25, 0.3) is 10.9 Å². The highest BCUT2D eigenvalue weighted by Gasteiger charge is 1.88. The lowest BCUT2D eigenvalue weighted by atomic mass is 10.2. The number of benzene rings is 1. The van der Waals surface area contributed by atoms with E-state index in [0.29, 0.717) is 0 Å². The number of aromatic amines is 1. The molecule has 2 aromatic rings. The predicted molar refractivity (Wildman–Crippen MR) is 37.7 cm³/mol. The second-order valence-electron chi connectivity index (χ2n) is 2.23. The van der Waals surface area contributed by atoms with E-state index in [2.05, 4.69) is 4.98 Å². The largest absolute Gasteiger partial charge is 0.872 e. The molecule has 1 N–H and O–H groups in total. The molecule has 0 bridgehead atoms. The van der Waals surface area contributed by atoms with E-state index in [1.54, 1.807) is 18.2 Å². The monoisotopic (exact) mass is 132 g/mol. The molecular formula is C8H6NO-. The quantitative estimate of drug-likeness (QED) is 0.575. The normalized spacial score (nSPS) is 10.4. The first kappa shape index (κ1) is 5.35. The fourth-order valence-electron chi connectivity index (χ4n) is 1.03. The zero-order valence-corrected chi connectivity index (χ0v) is 5.29. The molecule has 10 heavy (non-hydrogen) atoms. The molecule has 2 heteroatoms. The summed E-state index contributed by atoms with van der Waals surface area (Å²) in [6.07, 6.45) is 1.82. The van der Waals surface area contributed by atoms with Gasteiger partial charge in [0.1, 0.15) is 0 Å². The molecule has 0 aliphatic carbocycles. The lowest BCUT2D eigenvalue weighted by molar-refractivity contribution is -0.268. The van der Waals surface area contributed by atoms with Gasteiger partial charge in [-0.25, -0.2) is 0 Å². The SMILES string of the molecule is [O-]c1ccc2[nH]ccc2c1. The minimum absolute atomic E-state index is 0.0621. The van der Waals surface area contributed by atoms with Gasteiger partial charge in [-0.05, 0) is 17.5 Å². The van der Waals surface area contributed by atoms with E-state index in [0.717, 1.165) is 10.9 Å². The molecule has 2 nitrogen and oxygen atoms in total. The number of hydrogen-bond acceptors (Lipinski definition) is 1. The third-order valence-electron chi connectivity index (χ3n) is 1.52. The third-order valence-corrected chi connectivity index (χ3v) is 1.52. The van der Waals surface area contributed by atoms with Crippen LogP contribution in [-0.4, -0.2) is 4.98 Å². The lowest BCUT2D eigenvalue weighted by Gasteiger charge is -2.01.